The number of hydrogen-bond acceptors (Lipinski definition) is 5. The van der Waals surface area contributed by atoms with Crippen molar-refractivity contribution in [1.82, 2.24) is 9.78 Å². The second kappa shape index (κ2) is 5.67. The van der Waals surface area contributed by atoms with Gasteiger partial charge in [0.15, 0.2) is 0 Å². The molecule has 3 fully saturated rings. The van der Waals surface area contributed by atoms with Gasteiger partial charge in [0.25, 0.3) is 0 Å². The van der Waals surface area contributed by atoms with Gasteiger partial charge in [-0.1, -0.05) is 12.1 Å². The molecule has 0 radical (unpaired) electrons. The molecule has 0 unspecified atom stereocenters. The van der Waals surface area contributed by atoms with Gasteiger partial charge in [-0.25, -0.2) is 4.90 Å². The first-order chi connectivity index (χ1) is 12.7. The van der Waals surface area contributed by atoms with E-state index in [9.17, 15) is 9.59 Å². The minimum absolute atomic E-state index is 0.0988. The minimum atomic E-state index is -0.317. The first kappa shape index (κ1) is 15.6. The van der Waals surface area contributed by atoms with Crippen molar-refractivity contribution in [2.24, 2.45) is 11.8 Å². The quantitative estimate of drug-likeness (QED) is 0.781. The van der Waals surface area contributed by atoms with Crippen LogP contribution in [0, 0.1) is 11.8 Å². The van der Waals surface area contributed by atoms with E-state index >= 15 is 0 Å². The number of ether oxygens (including phenoxy) is 2. The topological polar surface area (TPSA) is 73.7 Å². The summed E-state index contributed by atoms with van der Waals surface area (Å²) in [6.07, 6.45) is 4.87. The molecule has 1 aromatic carbocycles. The maximum Gasteiger partial charge on any atom is 0.240 e. The third-order valence-electron chi connectivity index (χ3n) is 5.64. The Bertz CT molecular complexity index is 864. The highest BCUT2D eigenvalue weighted by Gasteiger charge is 2.62. The van der Waals surface area contributed by atoms with E-state index in [1.807, 2.05) is 24.3 Å². The molecule has 1 aromatic heterocycles. The lowest BCUT2D eigenvalue weighted by Crippen LogP contribution is -2.33. The molecular weight excluding hydrogens is 334 g/mol. The van der Waals surface area contributed by atoms with E-state index in [1.54, 1.807) is 24.2 Å². The van der Waals surface area contributed by atoms with Gasteiger partial charge in [-0.15, -0.1) is 0 Å². The van der Waals surface area contributed by atoms with Crippen LogP contribution in [0.5, 0.6) is 5.75 Å². The van der Waals surface area contributed by atoms with Crippen LogP contribution in [0.2, 0.25) is 0 Å². The molecule has 0 spiro atoms. The summed E-state index contributed by atoms with van der Waals surface area (Å²) in [6, 6.07) is 7.72. The Hall–Kier alpha value is -2.67. The maximum absolute atomic E-state index is 12.8. The fourth-order valence-electron chi connectivity index (χ4n) is 4.48. The smallest absolute Gasteiger partial charge is 0.240 e. The normalized spacial score (nSPS) is 29.5. The van der Waals surface area contributed by atoms with Gasteiger partial charge in [0.1, 0.15) is 5.75 Å². The maximum atomic E-state index is 12.8. The molecule has 26 heavy (non-hydrogen) atoms. The molecule has 3 aliphatic rings. The lowest BCUT2D eigenvalue weighted by molar-refractivity contribution is -0.124. The number of fused-ring (bicyclic) bond motifs is 5. The molecule has 2 aromatic rings. The first-order valence-corrected chi connectivity index (χ1v) is 8.84. The molecule has 5 rings (SSSR count). The van der Waals surface area contributed by atoms with Crippen molar-refractivity contribution in [2.45, 2.75) is 31.6 Å². The number of amides is 2. The predicted octanol–water partition coefficient (Wildman–Crippen LogP) is 1.61. The fourth-order valence-corrected chi connectivity index (χ4v) is 4.48. The molecule has 134 valence electrons. The van der Waals surface area contributed by atoms with Gasteiger partial charge in [0.2, 0.25) is 11.8 Å². The molecule has 0 saturated carbocycles. The van der Waals surface area contributed by atoms with Gasteiger partial charge >= 0.3 is 0 Å². The van der Waals surface area contributed by atoms with Crippen LogP contribution in [-0.4, -0.2) is 40.9 Å². The molecule has 2 amide bonds. The van der Waals surface area contributed by atoms with Gasteiger partial charge in [0, 0.05) is 6.20 Å². The molecule has 0 aliphatic carbocycles. The summed E-state index contributed by atoms with van der Waals surface area (Å²) in [6.45, 7) is 0.536. The van der Waals surface area contributed by atoms with Crippen molar-refractivity contribution in [3.63, 3.8) is 0 Å². The van der Waals surface area contributed by atoms with Crippen LogP contribution in [0.3, 0.4) is 0 Å². The van der Waals surface area contributed by atoms with Crippen LogP contribution in [0.25, 0.3) is 0 Å². The number of aromatic nitrogens is 2. The average Bonchev–Trinajstić information content (AvgIpc) is 3.40. The standard InChI is InChI=1S/C19H19N3O4/c1-25-13-4-2-3-11(7-13)9-21-10-12(8-20-21)22-18(23)16-14-5-6-15(26-14)17(16)19(22)24/h2-4,7-8,10,14-17H,5-6,9H2,1H3/t14-,15-,16-,17-/m1/s1. The van der Waals surface area contributed by atoms with Crippen molar-refractivity contribution >= 4 is 17.5 Å². The molecule has 3 saturated heterocycles. The van der Waals surface area contributed by atoms with Crippen LogP contribution in [0.1, 0.15) is 18.4 Å². The Morgan fingerprint density at radius 3 is 2.62 bits per heavy atom. The van der Waals surface area contributed by atoms with Gasteiger partial charge in [-0.2, -0.15) is 5.10 Å². The zero-order valence-corrected chi connectivity index (χ0v) is 14.4. The van der Waals surface area contributed by atoms with E-state index in [2.05, 4.69) is 5.10 Å². The lowest BCUT2D eigenvalue weighted by Gasteiger charge is -2.15. The van der Waals surface area contributed by atoms with Crippen molar-refractivity contribution in [2.75, 3.05) is 12.0 Å². The van der Waals surface area contributed by atoms with Crippen LogP contribution in [-0.2, 0) is 20.9 Å². The summed E-state index contributed by atoms with van der Waals surface area (Å²) in [5.41, 5.74) is 1.57. The van der Waals surface area contributed by atoms with Gasteiger partial charge in [-0.3, -0.25) is 14.3 Å². The molecule has 7 heteroatoms. The first-order valence-electron chi connectivity index (χ1n) is 8.84. The van der Waals surface area contributed by atoms with Crippen molar-refractivity contribution in [3.05, 3.63) is 42.2 Å². The molecule has 3 aliphatic heterocycles. The Kier molecular flexibility index (Phi) is 3.40. The van der Waals surface area contributed by atoms with E-state index in [4.69, 9.17) is 9.47 Å². The highest BCUT2D eigenvalue weighted by molar-refractivity contribution is 6.22. The molecule has 0 N–H and O–H groups in total. The Morgan fingerprint density at radius 2 is 1.92 bits per heavy atom. The summed E-state index contributed by atoms with van der Waals surface area (Å²) in [5.74, 6) is -0.143. The zero-order chi connectivity index (χ0) is 17.8. The number of methoxy groups -OCH3 is 1. The van der Waals surface area contributed by atoms with E-state index < -0.39 is 0 Å². The SMILES string of the molecule is COc1cccc(Cn2cc(N3C(=O)[C@H]4[C@H](C3=O)[C@H]3CC[C@H]4O3)cn2)c1. The van der Waals surface area contributed by atoms with Crippen LogP contribution < -0.4 is 9.64 Å². The zero-order valence-electron chi connectivity index (χ0n) is 14.4. The van der Waals surface area contributed by atoms with Crippen molar-refractivity contribution < 1.29 is 19.1 Å². The average molecular weight is 353 g/mol. The Morgan fingerprint density at radius 1 is 1.19 bits per heavy atom. The number of nitrogens with zero attached hydrogens (tertiary/aromatic N) is 3. The lowest BCUT2D eigenvalue weighted by atomic mass is 9.81. The number of carbonyl (C=O) groups is 2. The minimum Gasteiger partial charge on any atom is -0.497 e. The molecular formula is C19H19N3O4. The van der Waals surface area contributed by atoms with Gasteiger partial charge < -0.3 is 9.47 Å². The van der Waals surface area contributed by atoms with Crippen molar-refractivity contribution in [3.8, 4) is 5.75 Å². The number of rotatable bonds is 4. The predicted molar refractivity (Wildman–Crippen MR) is 91.7 cm³/mol. The second-order valence-electron chi connectivity index (χ2n) is 7.10. The number of benzene rings is 1. The third-order valence-corrected chi connectivity index (χ3v) is 5.64. The summed E-state index contributed by atoms with van der Waals surface area (Å²) >= 11 is 0. The Balaban J connectivity index is 1.38. The van der Waals surface area contributed by atoms with Gasteiger partial charge in [0.05, 0.1) is 49.6 Å². The molecule has 4 heterocycles. The van der Waals surface area contributed by atoms with E-state index in [1.165, 1.54) is 4.90 Å². The summed E-state index contributed by atoms with van der Waals surface area (Å²) in [4.78, 5) is 26.9. The summed E-state index contributed by atoms with van der Waals surface area (Å²) in [7, 11) is 1.63. The van der Waals surface area contributed by atoms with E-state index in [0.29, 0.717) is 12.2 Å². The largest absolute Gasteiger partial charge is 0.497 e. The van der Waals surface area contributed by atoms with E-state index in [-0.39, 0.29) is 35.9 Å². The molecule has 4 atom stereocenters. The van der Waals surface area contributed by atoms with E-state index in [0.717, 1.165) is 24.2 Å². The highest BCUT2D eigenvalue weighted by Crippen LogP contribution is 2.49. The van der Waals surface area contributed by atoms with Crippen molar-refractivity contribution in [1.29, 1.82) is 0 Å². The van der Waals surface area contributed by atoms with Crippen LogP contribution >= 0.6 is 0 Å². The summed E-state index contributed by atoms with van der Waals surface area (Å²) in [5, 5.41) is 4.33. The third kappa shape index (κ3) is 2.20. The number of carbonyl (C=O) groups excluding carboxylic acids is 2. The molecule has 7 nitrogen and oxygen atoms in total. The highest BCUT2D eigenvalue weighted by atomic mass is 16.5. The summed E-state index contributed by atoms with van der Waals surface area (Å²) < 4.78 is 12.7. The Labute approximate surface area is 150 Å². The molecule has 2 bridgehead atoms. The van der Waals surface area contributed by atoms with Crippen LogP contribution in [0.15, 0.2) is 36.7 Å². The van der Waals surface area contributed by atoms with Crippen LogP contribution in [0.4, 0.5) is 5.69 Å². The number of hydrogen-bond donors (Lipinski definition) is 0. The number of imide groups is 1. The number of anilines is 1. The fraction of sp³-hybridized carbons (Fsp3) is 0.421. The monoisotopic (exact) mass is 353 g/mol. The second-order valence-corrected chi connectivity index (χ2v) is 7.10. The van der Waals surface area contributed by atoms with Gasteiger partial charge in [-0.05, 0) is 30.5 Å².